The van der Waals surface area contributed by atoms with Crippen molar-refractivity contribution in [2.24, 2.45) is 11.8 Å². The average molecular weight is 204 g/mol. The zero-order chi connectivity index (χ0) is 10.2. The van der Waals surface area contributed by atoms with Crippen LogP contribution in [0.5, 0.6) is 0 Å². The molecule has 1 saturated heterocycles. The summed E-state index contributed by atoms with van der Waals surface area (Å²) >= 11 is 0. The molecule has 0 spiro atoms. The molecule has 1 fully saturated rings. The lowest BCUT2D eigenvalue weighted by Crippen LogP contribution is -2.23. The second kappa shape index (κ2) is 3.60. The molecule has 78 valence electrons. The second-order valence-electron chi connectivity index (χ2n) is 4.76. The maximum absolute atomic E-state index is 11.8. The lowest BCUT2D eigenvalue weighted by Gasteiger charge is -2.12. The summed E-state index contributed by atoms with van der Waals surface area (Å²) in [5.41, 5.74) is 0. The van der Waals surface area contributed by atoms with Gasteiger partial charge < -0.3 is 0 Å². The van der Waals surface area contributed by atoms with Crippen molar-refractivity contribution in [3.8, 4) is 0 Å². The molecule has 0 N–H and O–H groups in total. The van der Waals surface area contributed by atoms with E-state index in [4.69, 9.17) is 0 Å². The Morgan fingerprint density at radius 1 is 1.31 bits per heavy atom. The molecule has 0 radical (unpaired) electrons. The molecule has 3 heteroatoms. The van der Waals surface area contributed by atoms with Crippen LogP contribution < -0.4 is 0 Å². The molecule has 0 aromatic rings. The van der Waals surface area contributed by atoms with Gasteiger partial charge >= 0.3 is 0 Å². The van der Waals surface area contributed by atoms with Gasteiger partial charge in [-0.15, -0.1) is 0 Å². The quantitative estimate of drug-likeness (QED) is 0.691. The van der Waals surface area contributed by atoms with Crippen LogP contribution in [0.1, 0.15) is 40.5 Å². The van der Waals surface area contributed by atoms with Crippen molar-refractivity contribution in [1.29, 1.82) is 0 Å². The molecule has 0 amide bonds. The molecule has 0 saturated carbocycles. The van der Waals surface area contributed by atoms with E-state index in [0.29, 0.717) is 11.8 Å². The molecule has 1 aliphatic heterocycles. The molecule has 3 atom stereocenters. The maximum Gasteiger partial charge on any atom is 0.156 e. The largest absolute Gasteiger partial charge is 0.228 e. The fourth-order valence-corrected chi connectivity index (χ4v) is 4.71. The predicted octanol–water partition coefficient (Wildman–Crippen LogP) is 2.24. The summed E-state index contributed by atoms with van der Waals surface area (Å²) < 4.78 is 23.7. The van der Waals surface area contributed by atoms with E-state index in [1.807, 2.05) is 13.8 Å². The van der Waals surface area contributed by atoms with Gasteiger partial charge in [0, 0.05) is 0 Å². The van der Waals surface area contributed by atoms with Gasteiger partial charge in [-0.1, -0.05) is 20.8 Å². The monoisotopic (exact) mass is 204 g/mol. The summed E-state index contributed by atoms with van der Waals surface area (Å²) in [6, 6.07) is 0. The highest BCUT2D eigenvalue weighted by atomic mass is 32.2. The van der Waals surface area contributed by atoms with E-state index in [0.717, 1.165) is 12.8 Å². The topological polar surface area (TPSA) is 34.1 Å². The Hall–Kier alpha value is -0.0500. The van der Waals surface area contributed by atoms with E-state index in [-0.39, 0.29) is 10.5 Å². The van der Waals surface area contributed by atoms with Gasteiger partial charge in [-0.2, -0.15) is 0 Å². The first-order chi connectivity index (χ1) is 5.85. The zero-order valence-electron chi connectivity index (χ0n) is 8.95. The lowest BCUT2D eigenvalue weighted by molar-refractivity contribution is 0.493. The smallest absolute Gasteiger partial charge is 0.156 e. The van der Waals surface area contributed by atoms with Gasteiger partial charge in [0.15, 0.2) is 9.84 Å². The zero-order valence-corrected chi connectivity index (χ0v) is 9.76. The SMILES string of the molecule is CC(C)CC1CC(C)C(C)S1(=O)=O. The normalized spacial score (nSPS) is 38.4. The number of rotatable bonds is 2. The van der Waals surface area contributed by atoms with Crippen molar-refractivity contribution >= 4 is 9.84 Å². The van der Waals surface area contributed by atoms with Crippen LogP contribution in [0, 0.1) is 11.8 Å². The Morgan fingerprint density at radius 2 is 1.85 bits per heavy atom. The minimum absolute atomic E-state index is 0.0718. The van der Waals surface area contributed by atoms with Crippen molar-refractivity contribution in [2.45, 2.75) is 51.0 Å². The van der Waals surface area contributed by atoms with Gasteiger partial charge in [0.1, 0.15) is 0 Å². The average Bonchev–Trinajstić information content (AvgIpc) is 2.15. The van der Waals surface area contributed by atoms with Gasteiger partial charge in [0.05, 0.1) is 10.5 Å². The third-order valence-electron chi connectivity index (χ3n) is 3.15. The molecular formula is C10H20O2S. The van der Waals surface area contributed by atoms with Crippen LogP contribution in [0.15, 0.2) is 0 Å². The highest BCUT2D eigenvalue weighted by Gasteiger charge is 2.42. The van der Waals surface area contributed by atoms with E-state index >= 15 is 0 Å². The summed E-state index contributed by atoms with van der Waals surface area (Å²) in [6.07, 6.45) is 1.69. The number of hydrogen-bond acceptors (Lipinski definition) is 2. The van der Waals surface area contributed by atoms with Crippen molar-refractivity contribution < 1.29 is 8.42 Å². The van der Waals surface area contributed by atoms with Gasteiger partial charge in [-0.05, 0) is 31.6 Å². The summed E-state index contributed by atoms with van der Waals surface area (Å²) in [7, 11) is -2.81. The second-order valence-corrected chi connectivity index (χ2v) is 7.35. The Balaban J connectivity index is 2.79. The molecular weight excluding hydrogens is 184 g/mol. The van der Waals surface area contributed by atoms with E-state index in [2.05, 4.69) is 13.8 Å². The minimum atomic E-state index is -2.81. The predicted molar refractivity (Wildman–Crippen MR) is 55.4 cm³/mol. The van der Waals surface area contributed by atoms with Crippen LogP contribution in [0.4, 0.5) is 0 Å². The summed E-state index contributed by atoms with van der Waals surface area (Å²) in [6.45, 7) is 8.06. The lowest BCUT2D eigenvalue weighted by atomic mass is 9.98. The first-order valence-corrected chi connectivity index (χ1v) is 6.69. The molecule has 1 rings (SSSR count). The standard InChI is InChI=1S/C10H20O2S/c1-7(2)5-10-6-8(3)9(4)13(10,11)12/h7-10H,5-6H2,1-4H3. The van der Waals surface area contributed by atoms with E-state index in [1.165, 1.54) is 0 Å². The van der Waals surface area contributed by atoms with Crippen molar-refractivity contribution in [3.05, 3.63) is 0 Å². The van der Waals surface area contributed by atoms with E-state index in [9.17, 15) is 8.42 Å². The van der Waals surface area contributed by atoms with Crippen molar-refractivity contribution in [1.82, 2.24) is 0 Å². The summed E-state index contributed by atoms with van der Waals surface area (Å²) in [4.78, 5) is 0. The highest BCUT2D eigenvalue weighted by molar-refractivity contribution is 7.92. The third kappa shape index (κ3) is 2.06. The molecule has 0 bridgehead atoms. The molecule has 0 aliphatic carbocycles. The molecule has 1 aliphatic rings. The van der Waals surface area contributed by atoms with Crippen LogP contribution in [0.3, 0.4) is 0 Å². The third-order valence-corrected chi connectivity index (χ3v) is 5.97. The van der Waals surface area contributed by atoms with Gasteiger partial charge in [0.2, 0.25) is 0 Å². The van der Waals surface area contributed by atoms with Crippen LogP contribution in [0.25, 0.3) is 0 Å². The summed E-state index contributed by atoms with van der Waals surface area (Å²) in [5.74, 6) is 0.825. The van der Waals surface area contributed by atoms with Crippen LogP contribution in [-0.2, 0) is 9.84 Å². The first kappa shape index (κ1) is 11.0. The van der Waals surface area contributed by atoms with Crippen LogP contribution >= 0.6 is 0 Å². The summed E-state index contributed by atoms with van der Waals surface area (Å²) in [5, 5.41) is -0.200. The van der Waals surface area contributed by atoms with Crippen LogP contribution in [0.2, 0.25) is 0 Å². The molecule has 13 heavy (non-hydrogen) atoms. The minimum Gasteiger partial charge on any atom is -0.228 e. The van der Waals surface area contributed by atoms with Crippen LogP contribution in [-0.4, -0.2) is 18.9 Å². The first-order valence-electron chi connectivity index (χ1n) is 5.08. The Kier molecular flexibility index (Phi) is 3.05. The Bertz CT molecular complexity index is 265. The van der Waals surface area contributed by atoms with Gasteiger partial charge in [0.25, 0.3) is 0 Å². The Morgan fingerprint density at radius 3 is 2.15 bits per heavy atom. The molecule has 3 unspecified atom stereocenters. The van der Waals surface area contributed by atoms with E-state index in [1.54, 1.807) is 0 Å². The van der Waals surface area contributed by atoms with Gasteiger partial charge in [-0.3, -0.25) is 0 Å². The van der Waals surface area contributed by atoms with Crippen molar-refractivity contribution in [3.63, 3.8) is 0 Å². The van der Waals surface area contributed by atoms with Gasteiger partial charge in [-0.25, -0.2) is 8.42 Å². The Labute approximate surface area is 81.6 Å². The molecule has 0 aromatic carbocycles. The number of sulfone groups is 1. The fourth-order valence-electron chi connectivity index (χ4n) is 2.12. The van der Waals surface area contributed by atoms with Crippen molar-refractivity contribution in [2.75, 3.05) is 0 Å². The highest BCUT2D eigenvalue weighted by Crippen LogP contribution is 2.35. The molecule has 0 aromatic heterocycles. The molecule has 2 nitrogen and oxygen atoms in total. The number of hydrogen-bond donors (Lipinski definition) is 0. The maximum atomic E-state index is 11.8. The van der Waals surface area contributed by atoms with E-state index < -0.39 is 9.84 Å². The fraction of sp³-hybridized carbons (Fsp3) is 1.00. The molecule has 1 heterocycles.